The number of aliphatic hydroxyl groups excluding tert-OH is 1. The molecule has 0 aliphatic rings. The smallest absolute Gasteiger partial charge is 0.326 e. The van der Waals surface area contributed by atoms with E-state index >= 15 is 0 Å². The topological polar surface area (TPSA) is 171 Å². The fourth-order valence-electron chi connectivity index (χ4n) is 3.53. The summed E-state index contributed by atoms with van der Waals surface area (Å²) < 4.78 is 0. The number of nitrogens with two attached hydrogens (primary N) is 1. The van der Waals surface area contributed by atoms with Crippen LogP contribution < -0.4 is 21.7 Å². The predicted molar refractivity (Wildman–Crippen MR) is 134 cm³/mol. The lowest BCUT2D eigenvalue weighted by molar-refractivity contribution is -0.142. The first-order chi connectivity index (χ1) is 17.1. The van der Waals surface area contributed by atoms with Crippen molar-refractivity contribution in [1.29, 1.82) is 0 Å². The largest absolute Gasteiger partial charge is 0.480 e. The molecular formula is C26H34N4O6. The Bertz CT molecular complexity index is 1020. The Balaban J connectivity index is 2.01. The Kier molecular flexibility index (Phi) is 11.0. The van der Waals surface area contributed by atoms with Gasteiger partial charge in [-0.15, -0.1) is 0 Å². The number of rotatable bonds is 13. The van der Waals surface area contributed by atoms with Gasteiger partial charge in [0.25, 0.3) is 0 Å². The molecule has 0 saturated carbocycles. The van der Waals surface area contributed by atoms with Crippen LogP contribution in [-0.2, 0) is 32.0 Å². The van der Waals surface area contributed by atoms with Crippen molar-refractivity contribution >= 4 is 23.7 Å². The number of hydrogen-bond donors (Lipinski definition) is 6. The van der Waals surface area contributed by atoms with Gasteiger partial charge in [-0.25, -0.2) is 4.79 Å². The van der Waals surface area contributed by atoms with Gasteiger partial charge in [-0.1, -0.05) is 74.5 Å². The van der Waals surface area contributed by atoms with E-state index in [1.165, 1.54) is 0 Å². The van der Waals surface area contributed by atoms with Crippen LogP contribution in [0.1, 0.15) is 25.0 Å². The molecule has 0 bridgehead atoms. The number of benzene rings is 2. The molecule has 10 heteroatoms. The third-order valence-corrected chi connectivity index (χ3v) is 5.59. The van der Waals surface area contributed by atoms with Crippen molar-refractivity contribution < 1.29 is 29.4 Å². The maximum atomic E-state index is 12.9. The summed E-state index contributed by atoms with van der Waals surface area (Å²) in [5.74, 6) is -3.70. The number of aliphatic carboxylic acids is 1. The van der Waals surface area contributed by atoms with Crippen molar-refractivity contribution in [2.45, 2.75) is 50.9 Å². The highest BCUT2D eigenvalue weighted by atomic mass is 16.4. The van der Waals surface area contributed by atoms with E-state index in [9.17, 15) is 29.4 Å². The number of carboxylic acids is 1. The minimum absolute atomic E-state index is 0.0258. The summed E-state index contributed by atoms with van der Waals surface area (Å²) in [4.78, 5) is 49.9. The van der Waals surface area contributed by atoms with Crippen LogP contribution >= 0.6 is 0 Å². The second-order valence-corrected chi connectivity index (χ2v) is 8.86. The van der Waals surface area contributed by atoms with E-state index in [4.69, 9.17) is 5.73 Å². The Morgan fingerprint density at radius 3 is 1.72 bits per heavy atom. The molecule has 4 unspecified atom stereocenters. The summed E-state index contributed by atoms with van der Waals surface area (Å²) in [5, 5.41) is 26.6. The second kappa shape index (κ2) is 14.0. The van der Waals surface area contributed by atoms with Crippen LogP contribution in [-0.4, -0.2) is 64.7 Å². The third kappa shape index (κ3) is 8.79. The average molecular weight is 499 g/mol. The van der Waals surface area contributed by atoms with Gasteiger partial charge in [0.2, 0.25) is 17.7 Å². The van der Waals surface area contributed by atoms with Gasteiger partial charge in [-0.2, -0.15) is 0 Å². The van der Waals surface area contributed by atoms with Crippen LogP contribution in [0, 0.1) is 5.92 Å². The van der Waals surface area contributed by atoms with Gasteiger partial charge in [0, 0.05) is 6.42 Å². The lowest BCUT2D eigenvalue weighted by atomic mass is 10.0. The Hall–Kier alpha value is -3.76. The van der Waals surface area contributed by atoms with Crippen molar-refractivity contribution in [3.63, 3.8) is 0 Å². The van der Waals surface area contributed by atoms with Gasteiger partial charge in [-0.3, -0.25) is 14.4 Å². The second-order valence-electron chi connectivity index (χ2n) is 8.86. The van der Waals surface area contributed by atoms with Gasteiger partial charge >= 0.3 is 5.97 Å². The molecule has 36 heavy (non-hydrogen) atoms. The van der Waals surface area contributed by atoms with Crippen LogP contribution in [0.4, 0.5) is 0 Å². The van der Waals surface area contributed by atoms with E-state index in [1.54, 1.807) is 44.2 Å². The van der Waals surface area contributed by atoms with Gasteiger partial charge in [0.1, 0.15) is 18.1 Å². The van der Waals surface area contributed by atoms with Gasteiger partial charge in [0.05, 0.1) is 12.6 Å². The summed E-state index contributed by atoms with van der Waals surface area (Å²) in [6.45, 7) is 2.66. The first kappa shape index (κ1) is 28.5. The molecule has 10 nitrogen and oxygen atoms in total. The highest BCUT2D eigenvalue weighted by Gasteiger charge is 2.31. The van der Waals surface area contributed by atoms with Crippen molar-refractivity contribution in [2.75, 3.05) is 6.61 Å². The van der Waals surface area contributed by atoms with Gasteiger partial charge in [-0.05, 0) is 23.5 Å². The maximum absolute atomic E-state index is 12.9. The number of carboxylic acid groups (broad SMARTS) is 1. The monoisotopic (exact) mass is 498 g/mol. The zero-order valence-corrected chi connectivity index (χ0v) is 20.4. The van der Waals surface area contributed by atoms with Crippen molar-refractivity contribution in [3.8, 4) is 0 Å². The van der Waals surface area contributed by atoms with Crippen molar-refractivity contribution in [2.24, 2.45) is 11.7 Å². The lowest BCUT2D eigenvalue weighted by Crippen LogP contribution is -2.59. The Morgan fingerprint density at radius 1 is 0.750 bits per heavy atom. The molecule has 0 fully saturated rings. The molecule has 0 spiro atoms. The van der Waals surface area contributed by atoms with Crippen LogP contribution in [0.15, 0.2) is 60.7 Å². The van der Waals surface area contributed by atoms with Crippen molar-refractivity contribution in [3.05, 3.63) is 71.8 Å². The number of hydrogen-bond acceptors (Lipinski definition) is 6. The van der Waals surface area contributed by atoms with E-state index in [0.717, 1.165) is 5.56 Å². The number of aliphatic hydroxyl groups is 1. The molecule has 2 rings (SSSR count). The zero-order chi connectivity index (χ0) is 26.7. The minimum Gasteiger partial charge on any atom is -0.480 e. The summed E-state index contributed by atoms with van der Waals surface area (Å²) in [5.41, 5.74) is 7.58. The molecule has 4 atom stereocenters. The minimum atomic E-state index is -1.41. The number of amides is 3. The van der Waals surface area contributed by atoms with Gasteiger partial charge in [0.15, 0.2) is 0 Å². The number of carbonyl (C=O) groups is 4. The van der Waals surface area contributed by atoms with Crippen LogP contribution in [0.5, 0.6) is 0 Å². The average Bonchev–Trinajstić information content (AvgIpc) is 2.85. The third-order valence-electron chi connectivity index (χ3n) is 5.59. The number of carbonyl (C=O) groups excluding carboxylic acids is 3. The molecule has 0 radical (unpaired) electrons. The quantitative estimate of drug-likeness (QED) is 0.225. The summed E-state index contributed by atoms with van der Waals surface area (Å²) in [6, 6.07) is 13.3. The molecule has 0 aliphatic carbocycles. The molecule has 0 aliphatic heterocycles. The van der Waals surface area contributed by atoms with Gasteiger partial charge < -0.3 is 31.9 Å². The molecule has 0 saturated heterocycles. The highest BCUT2D eigenvalue weighted by molar-refractivity contribution is 5.94. The summed E-state index contributed by atoms with van der Waals surface area (Å²) >= 11 is 0. The lowest BCUT2D eigenvalue weighted by Gasteiger charge is -2.26. The molecule has 2 aromatic rings. The van der Waals surface area contributed by atoms with E-state index in [-0.39, 0.29) is 18.8 Å². The highest BCUT2D eigenvalue weighted by Crippen LogP contribution is 2.07. The summed E-state index contributed by atoms with van der Waals surface area (Å²) in [6.07, 6.45) is 0.302. The molecule has 194 valence electrons. The Morgan fingerprint density at radius 2 is 1.25 bits per heavy atom. The maximum Gasteiger partial charge on any atom is 0.326 e. The van der Waals surface area contributed by atoms with E-state index in [1.807, 2.05) is 30.3 Å². The molecule has 7 N–H and O–H groups in total. The number of nitrogens with one attached hydrogen (secondary N) is 3. The van der Waals surface area contributed by atoms with E-state index in [0.29, 0.717) is 5.56 Å². The fraction of sp³-hybridized carbons (Fsp3) is 0.385. The van der Waals surface area contributed by atoms with Crippen LogP contribution in [0.3, 0.4) is 0 Å². The first-order valence-electron chi connectivity index (χ1n) is 11.7. The van der Waals surface area contributed by atoms with Crippen molar-refractivity contribution in [1.82, 2.24) is 16.0 Å². The molecule has 3 amide bonds. The normalized spacial score (nSPS) is 14.2. The predicted octanol–water partition coefficient (Wildman–Crippen LogP) is -0.0136. The molecular weight excluding hydrogens is 464 g/mol. The molecule has 0 aromatic heterocycles. The molecule has 2 aromatic carbocycles. The summed E-state index contributed by atoms with van der Waals surface area (Å²) in [7, 11) is 0. The fourth-order valence-corrected chi connectivity index (χ4v) is 3.53. The molecule has 0 heterocycles. The van der Waals surface area contributed by atoms with E-state index < -0.39 is 54.5 Å². The standard InChI is InChI=1S/C26H34N4O6/c1-16(2)22(30-23(32)19(27)13-17-9-5-3-6-10-17)25(34)29-21(15-31)24(33)28-20(26(35)36)14-18-11-7-4-8-12-18/h3-12,16,19-22,31H,13-15,27H2,1-2H3,(H,28,33)(H,29,34)(H,30,32)(H,35,36). The zero-order valence-electron chi connectivity index (χ0n) is 20.4. The first-order valence-corrected chi connectivity index (χ1v) is 11.7. The SMILES string of the molecule is CC(C)C(NC(=O)C(N)Cc1ccccc1)C(=O)NC(CO)C(=O)NC(Cc1ccccc1)C(=O)O. The van der Waals surface area contributed by atoms with Crippen LogP contribution in [0.25, 0.3) is 0 Å². The van der Waals surface area contributed by atoms with E-state index in [2.05, 4.69) is 16.0 Å². The Labute approximate surface area is 210 Å². The van der Waals surface area contributed by atoms with Crippen LogP contribution in [0.2, 0.25) is 0 Å².